The van der Waals surface area contributed by atoms with E-state index in [0.29, 0.717) is 9.36 Å². The van der Waals surface area contributed by atoms with Gasteiger partial charge in [0.25, 0.3) is 62.8 Å². The molecule has 111 heavy (non-hydrogen) atoms. The number of aromatic amines is 6. The summed E-state index contributed by atoms with van der Waals surface area (Å²) in [5.41, 5.74) is -10.4. The molecule has 0 aliphatic heterocycles. The molecule has 0 saturated carbocycles. The number of carboxylic acid groups (broad SMARTS) is 4. The number of carboxylic acids is 4. The number of carbonyl (C=O) groups is 4. The van der Waals surface area contributed by atoms with Crippen LogP contribution in [0.4, 0.5) is 45.5 Å². The molecule has 44 nitrogen and oxygen atoms in total. The van der Waals surface area contributed by atoms with Crippen LogP contribution in [-0.2, 0) is 50.3 Å². The molecule has 6 aromatic carbocycles. The third-order valence-electron chi connectivity index (χ3n) is 15.0. The number of sulfone groups is 1. The minimum absolute atomic E-state index is 0.104. The van der Waals surface area contributed by atoms with Crippen LogP contribution in [0.3, 0.4) is 0 Å². The highest BCUT2D eigenvalue weighted by Crippen LogP contribution is 2.34. The van der Waals surface area contributed by atoms with Gasteiger partial charge in [-0.25, -0.2) is 66.0 Å². The maximum Gasteiger partial charge on any atom is 0.407 e. The van der Waals surface area contributed by atoms with Gasteiger partial charge in [-0.3, -0.25) is 48.0 Å². The van der Waals surface area contributed by atoms with Crippen molar-refractivity contribution in [2.24, 2.45) is 40.4 Å². The number of H-pyrrole nitrogens is 6. The summed E-state index contributed by atoms with van der Waals surface area (Å²) in [6, 6.07) is 28.5. The lowest BCUT2D eigenvalue weighted by molar-refractivity contribution is -0.604. The van der Waals surface area contributed by atoms with Crippen molar-refractivity contribution in [3.05, 3.63) is 248 Å². The number of benzene rings is 6. The largest absolute Gasteiger partial charge is 0.478 e. The molecule has 0 bridgehead atoms. The third kappa shape index (κ3) is 17.0. The second kappa shape index (κ2) is 29.7. The Labute approximate surface area is 616 Å². The Bertz CT molecular complexity index is 6650. The molecule has 0 unspecified atom stereocenters. The predicted molar refractivity (Wildman–Crippen MR) is 369 cm³/mol. The van der Waals surface area contributed by atoms with Gasteiger partial charge < -0.3 is 20.4 Å². The number of nitrogens with one attached hydrogen (secondary N) is 6. The number of hydrogen-bond acceptors (Lipinski definition) is 26. The second-order valence-corrected chi connectivity index (χ2v) is 30.0. The summed E-state index contributed by atoms with van der Waals surface area (Å²) < 4.78 is 169. The van der Waals surface area contributed by atoms with E-state index in [9.17, 15) is 109 Å². The highest BCUT2D eigenvalue weighted by Gasteiger charge is 2.27. The number of aromatic nitrogens is 12. The SMILES string of the molecule is O=C(O)c1ccc[n+](-c2nc(=Nc3cccc(S(=O)(=O)c4cccc(N=c5nc(-[n+]6cccc(C(=O)O)c6)[nH]c(=Nc6ccc(S(=O)(=O)O)c(N=Nc7c(C(=O)O)[nH]n(-c8ccc(S(=O)(=O)O)cc8)c7=O)c6)[nH]5)c4)c3)[nH]c(=Nc3ccc(S(=O)(=O)O)c(N=Nc4c(C(=O)O)[nH]n(-c5ccc(S(=O)(=O)O)cc5)c4=O)c3)[nH]2)c1. The third-order valence-corrected chi connectivity index (χ3v) is 20.3. The van der Waals surface area contributed by atoms with E-state index in [1.54, 1.807) is 0 Å². The molecule has 14 N–H and O–H groups in total. The first-order valence-electron chi connectivity index (χ1n) is 30.3. The molecular weight excluding hydrogens is 1570 g/mol. The highest BCUT2D eigenvalue weighted by molar-refractivity contribution is 7.91. The Morgan fingerprint density at radius 2 is 0.757 bits per heavy atom. The Hall–Kier alpha value is -14.5. The van der Waals surface area contributed by atoms with E-state index in [-0.39, 0.29) is 89.4 Å². The second-order valence-electron chi connectivity index (χ2n) is 22.4. The van der Waals surface area contributed by atoms with E-state index < -0.39 is 139 Å². The van der Waals surface area contributed by atoms with Crippen molar-refractivity contribution in [1.29, 1.82) is 0 Å². The standard InChI is InChI=1S/C62H42N20O24S5/c83-51-47(49(55(89)90)77-81(51)37-13-17-39(18-14-37)108(95,96)97)75-73-43-27-35(11-21-45(43)110(101,102)103)65-59-67-57(69-61(71-59)79-23-3-5-31(29-79)53(85)86)63-33-7-1-9-41(25-33)107(93,94)42-10-2-8-34(26-42)64-58-68-60(72-62(70-58)80-24-4-6-32(30-80)54(87)88)66-36-12-22-46(111(104,105)106)44(28-36)74-76-48-50(56(91)92)78-82(52(48)84)38-15-19-40(20-16-38)109(98,99)100/h1-30H,(H12-2,63,64,65,66,67,68,69,70,71,72,73,74,77,78,83,84,85,86,87,88,89,90,91,92,95,96,97,98,99,100,101,102,103,104,105,106)/p+2. The maximum absolute atomic E-state index is 14.7. The van der Waals surface area contributed by atoms with Crippen LogP contribution in [0, 0.1) is 0 Å². The van der Waals surface area contributed by atoms with E-state index in [1.165, 1.54) is 82.2 Å². The first-order chi connectivity index (χ1) is 52.3. The Kier molecular flexibility index (Phi) is 20.4. The number of hydrogen-bond donors (Lipinski definition) is 14. The quantitative estimate of drug-likeness (QED) is 0.0261. The summed E-state index contributed by atoms with van der Waals surface area (Å²) in [5.74, 6) is -6.69. The first-order valence-corrected chi connectivity index (χ1v) is 37.5. The molecule has 6 aromatic heterocycles. The molecule has 12 rings (SSSR count). The Balaban J connectivity index is 0.907. The smallest absolute Gasteiger partial charge is 0.407 e. The molecule has 0 saturated heterocycles. The number of nitrogens with zero attached hydrogens (tertiary/aromatic N) is 14. The first kappa shape index (κ1) is 76.2. The van der Waals surface area contributed by atoms with E-state index in [1.807, 2.05) is 0 Å². The van der Waals surface area contributed by atoms with Gasteiger partial charge in [-0.05, 0) is 156 Å². The van der Waals surface area contributed by atoms with Gasteiger partial charge in [0.2, 0.25) is 9.84 Å². The van der Waals surface area contributed by atoms with Crippen LogP contribution in [0.15, 0.2) is 262 Å². The van der Waals surface area contributed by atoms with Crippen molar-refractivity contribution < 1.29 is 109 Å². The zero-order valence-electron chi connectivity index (χ0n) is 54.7. The van der Waals surface area contributed by atoms with Gasteiger partial charge in [-0.2, -0.15) is 43.7 Å². The zero-order valence-corrected chi connectivity index (χ0v) is 58.8. The molecule has 12 aromatic rings. The molecule has 0 fully saturated rings. The lowest BCUT2D eigenvalue weighted by Crippen LogP contribution is -2.40. The van der Waals surface area contributed by atoms with Gasteiger partial charge in [0.05, 0.1) is 89.6 Å². The molecule has 0 spiro atoms. The molecule has 0 radical (unpaired) electrons. The van der Waals surface area contributed by atoms with Crippen molar-refractivity contribution in [3.63, 3.8) is 0 Å². The molecule has 0 aliphatic rings. The minimum atomic E-state index is -5.19. The fourth-order valence-corrected chi connectivity index (χ4v) is 13.5. The lowest BCUT2D eigenvalue weighted by atomic mass is 10.3. The van der Waals surface area contributed by atoms with Crippen LogP contribution in [0.1, 0.15) is 41.7 Å². The van der Waals surface area contributed by atoms with E-state index in [4.69, 9.17) is 0 Å². The van der Waals surface area contributed by atoms with Gasteiger partial charge >= 0.3 is 47.0 Å². The normalized spacial score (nSPS) is 13.0. The minimum Gasteiger partial charge on any atom is -0.478 e. The summed E-state index contributed by atoms with van der Waals surface area (Å²) in [5, 5.41) is 59.2. The van der Waals surface area contributed by atoms with Crippen LogP contribution in [0.5, 0.6) is 0 Å². The van der Waals surface area contributed by atoms with Crippen LogP contribution in [0.25, 0.3) is 23.3 Å². The van der Waals surface area contributed by atoms with Crippen LogP contribution in [0.2, 0.25) is 0 Å². The fraction of sp³-hybridized carbons (Fsp3) is 0. The van der Waals surface area contributed by atoms with Crippen LogP contribution >= 0.6 is 0 Å². The number of aromatic carboxylic acids is 4. The van der Waals surface area contributed by atoms with Crippen molar-refractivity contribution in [3.8, 4) is 23.3 Å². The highest BCUT2D eigenvalue weighted by atomic mass is 32.2. The fourth-order valence-electron chi connectivity index (χ4n) is 10.00. The van der Waals surface area contributed by atoms with Gasteiger partial charge in [0.15, 0.2) is 22.8 Å². The van der Waals surface area contributed by atoms with Crippen molar-refractivity contribution in [1.82, 2.24) is 49.5 Å². The Morgan fingerprint density at radius 1 is 0.387 bits per heavy atom. The average molecular weight is 1610 g/mol. The van der Waals surface area contributed by atoms with Crippen molar-refractivity contribution in [2.45, 2.75) is 29.4 Å². The Morgan fingerprint density at radius 3 is 1.10 bits per heavy atom. The van der Waals surface area contributed by atoms with E-state index in [2.05, 4.69) is 80.5 Å². The number of azo groups is 2. The molecule has 6 heterocycles. The lowest BCUT2D eigenvalue weighted by Gasteiger charge is -2.06. The summed E-state index contributed by atoms with van der Waals surface area (Å²) in [6.07, 6.45) is 5.00. The van der Waals surface area contributed by atoms with Gasteiger partial charge in [0.1, 0.15) is 21.2 Å². The summed E-state index contributed by atoms with van der Waals surface area (Å²) in [7, 11) is -24.3. The molecule has 564 valence electrons. The number of rotatable bonds is 22. The maximum atomic E-state index is 14.7. The van der Waals surface area contributed by atoms with Gasteiger partial charge in [-0.15, -0.1) is 20.5 Å². The van der Waals surface area contributed by atoms with Crippen molar-refractivity contribution >= 4 is 120 Å². The molecule has 0 aliphatic carbocycles. The van der Waals surface area contributed by atoms with Crippen LogP contribution < -0.4 is 42.7 Å². The summed E-state index contributed by atoms with van der Waals surface area (Å²) in [4.78, 5) is 110. The zero-order chi connectivity index (χ0) is 79.8. The average Bonchev–Trinajstić information content (AvgIpc) is 1.78. The summed E-state index contributed by atoms with van der Waals surface area (Å²) >= 11 is 0. The van der Waals surface area contributed by atoms with E-state index >= 15 is 0 Å². The molecular formula is C62H44N20O24S5+2. The van der Waals surface area contributed by atoms with Gasteiger partial charge in [0, 0.05) is 0 Å². The van der Waals surface area contributed by atoms with Crippen LogP contribution in [-0.4, -0.2) is 154 Å². The molecule has 49 heteroatoms. The summed E-state index contributed by atoms with van der Waals surface area (Å²) in [6.45, 7) is 0. The number of pyridine rings is 2. The van der Waals surface area contributed by atoms with E-state index in [0.717, 1.165) is 109 Å². The monoisotopic (exact) mass is 1610 g/mol. The predicted octanol–water partition coefficient (Wildman–Crippen LogP) is 3.67. The topological polar surface area (TPSA) is 672 Å². The molecule has 0 atom stereocenters. The van der Waals surface area contributed by atoms with Gasteiger partial charge in [-0.1, -0.05) is 12.1 Å². The van der Waals surface area contributed by atoms with Crippen molar-refractivity contribution in [2.75, 3.05) is 0 Å². The molecule has 0 amide bonds.